The fraction of sp³-hybridized carbons (Fsp3) is 0.200. The van der Waals surface area contributed by atoms with Crippen molar-refractivity contribution in [3.05, 3.63) is 71.5 Å². The fourth-order valence-electron chi connectivity index (χ4n) is 4.11. The van der Waals surface area contributed by atoms with Crippen LogP contribution in [0.2, 0.25) is 0 Å². The largest absolute Gasteiger partial charge is 0.452 e. The molecule has 6 rings (SSSR count). The quantitative estimate of drug-likeness (QED) is 0.380. The number of ether oxygens (including phenoxy) is 1. The predicted molar refractivity (Wildman–Crippen MR) is 123 cm³/mol. The van der Waals surface area contributed by atoms with Gasteiger partial charge in [0, 0.05) is 21.4 Å². The van der Waals surface area contributed by atoms with Crippen molar-refractivity contribution in [2.24, 2.45) is 0 Å². The molecule has 2 aromatic heterocycles. The van der Waals surface area contributed by atoms with E-state index in [0.717, 1.165) is 39.7 Å². The molecule has 33 heavy (non-hydrogen) atoms. The van der Waals surface area contributed by atoms with Crippen molar-refractivity contribution in [2.75, 3.05) is 11.5 Å². The number of carbonyl (C=O) groups excluding carboxylic acids is 2. The van der Waals surface area contributed by atoms with E-state index < -0.39 is 5.97 Å². The van der Waals surface area contributed by atoms with Crippen LogP contribution in [0.5, 0.6) is 0 Å². The molecule has 4 aromatic rings. The van der Waals surface area contributed by atoms with Crippen LogP contribution in [-0.4, -0.2) is 28.6 Å². The normalized spacial score (nSPS) is 14.6. The second-order valence-corrected chi connectivity index (χ2v) is 9.24. The molecule has 1 fully saturated rings. The minimum absolute atomic E-state index is 0.321. The molecule has 7 nitrogen and oxygen atoms in total. The van der Waals surface area contributed by atoms with Gasteiger partial charge in [0.2, 0.25) is 0 Å². The van der Waals surface area contributed by atoms with Gasteiger partial charge >= 0.3 is 5.97 Å². The van der Waals surface area contributed by atoms with Gasteiger partial charge in [0.1, 0.15) is 0 Å². The number of fused-ring (bicyclic) bond motifs is 3. The number of hydrogen-bond acceptors (Lipinski definition) is 7. The standard InChI is InChI=1S/C25H19N3O4S/c1-14-23-16(12-17(15-10-11-15)26-24(23)32-27-14)25(30)31-13-22(29)28-18-6-2-4-8-20(18)33-21-9-5-3-7-19(21)28/h2-9,12,15H,10-11,13H2,1H3. The molecule has 1 saturated carbocycles. The van der Waals surface area contributed by atoms with E-state index in [9.17, 15) is 9.59 Å². The van der Waals surface area contributed by atoms with Crippen LogP contribution < -0.4 is 4.90 Å². The molecule has 2 aliphatic rings. The minimum Gasteiger partial charge on any atom is -0.452 e. The summed E-state index contributed by atoms with van der Waals surface area (Å²) in [6.07, 6.45) is 2.06. The number of aryl methyl sites for hydroxylation is 1. The van der Waals surface area contributed by atoms with E-state index in [1.165, 1.54) is 0 Å². The van der Waals surface area contributed by atoms with Gasteiger partial charge in [-0.15, -0.1) is 0 Å². The highest BCUT2D eigenvalue weighted by Gasteiger charge is 2.31. The number of hydrogen-bond donors (Lipinski definition) is 0. The van der Waals surface area contributed by atoms with E-state index in [1.54, 1.807) is 29.7 Å². The second kappa shape index (κ2) is 7.74. The Morgan fingerprint density at radius 2 is 1.76 bits per heavy atom. The molecule has 0 spiro atoms. The van der Waals surface area contributed by atoms with Gasteiger partial charge in [-0.1, -0.05) is 41.2 Å². The number of amides is 1. The zero-order chi connectivity index (χ0) is 22.5. The number of carbonyl (C=O) groups is 2. The van der Waals surface area contributed by atoms with Gasteiger partial charge in [0.15, 0.2) is 6.61 Å². The molecule has 0 atom stereocenters. The average Bonchev–Trinajstić information content (AvgIpc) is 3.63. The molecule has 8 heteroatoms. The first-order chi connectivity index (χ1) is 16.1. The van der Waals surface area contributed by atoms with Crippen LogP contribution in [0.1, 0.15) is 40.5 Å². The lowest BCUT2D eigenvalue weighted by atomic mass is 10.1. The van der Waals surface area contributed by atoms with Crippen molar-refractivity contribution >= 4 is 46.1 Å². The zero-order valence-corrected chi connectivity index (χ0v) is 18.6. The number of aromatic nitrogens is 2. The number of rotatable bonds is 4. The Morgan fingerprint density at radius 3 is 2.42 bits per heavy atom. The smallest absolute Gasteiger partial charge is 0.339 e. The van der Waals surface area contributed by atoms with Crippen molar-refractivity contribution in [2.45, 2.75) is 35.5 Å². The van der Waals surface area contributed by atoms with E-state index >= 15 is 0 Å². The summed E-state index contributed by atoms with van der Waals surface area (Å²) in [7, 11) is 0. The maximum atomic E-state index is 13.3. The monoisotopic (exact) mass is 457 g/mol. The molecule has 1 aliphatic carbocycles. The Labute approximate surface area is 193 Å². The lowest BCUT2D eigenvalue weighted by Crippen LogP contribution is -2.32. The van der Waals surface area contributed by atoms with Crippen LogP contribution in [0.3, 0.4) is 0 Å². The second-order valence-electron chi connectivity index (χ2n) is 8.16. The molecule has 0 N–H and O–H groups in total. The highest BCUT2D eigenvalue weighted by atomic mass is 32.2. The first kappa shape index (κ1) is 20.0. The third-order valence-corrected chi connectivity index (χ3v) is 6.99. The summed E-state index contributed by atoms with van der Waals surface area (Å²) < 4.78 is 10.8. The van der Waals surface area contributed by atoms with E-state index in [-0.39, 0.29) is 12.5 Å². The number of para-hydroxylation sites is 2. The molecule has 0 bridgehead atoms. The van der Waals surface area contributed by atoms with E-state index in [0.29, 0.717) is 28.3 Å². The fourth-order valence-corrected chi connectivity index (χ4v) is 5.16. The minimum atomic E-state index is -0.586. The Balaban J connectivity index is 1.29. The van der Waals surface area contributed by atoms with Crippen molar-refractivity contribution in [1.29, 1.82) is 0 Å². The molecule has 1 amide bonds. The molecule has 164 valence electrons. The van der Waals surface area contributed by atoms with Gasteiger partial charge in [0.05, 0.1) is 28.0 Å². The van der Waals surface area contributed by atoms with Gasteiger partial charge < -0.3 is 9.26 Å². The zero-order valence-electron chi connectivity index (χ0n) is 17.8. The summed E-state index contributed by atoms with van der Waals surface area (Å²) in [4.78, 5) is 34.5. The lowest BCUT2D eigenvalue weighted by molar-refractivity contribution is -0.121. The molecule has 2 aromatic carbocycles. The SMILES string of the molecule is Cc1noc2nc(C3CC3)cc(C(=O)OCC(=O)N3c4ccccc4Sc4ccccc43)c12. The maximum Gasteiger partial charge on any atom is 0.339 e. The van der Waals surface area contributed by atoms with Crippen LogP contribution in [0.4, 0.5) is 11.4 Å². The summed E-state index contributed by atoms with van der Waals surface area (Å²) in [5, 5.41) is 4.49. The van der Waals surface area contributed by atoms with E-state index in [2.05, 4.69) is 10.1 Å². The Kier molecular flexibility index (Phi) is 4.69. The Morgan fingerprint density at radius 1 is 1.09 bits per heavy atom. The molecule has 3 heterocycles. The number of pyridine rings is 1. The Bertz CT molecular complexity index is 1380. The maximum absolute atomic E-state index is 13.3. The van der Waals surface area contributed by atoms with Gasteiger partial charge in [0.25, 0.3) is 11.6 Å². The molecule has 0 unspecified atom stereocenters. The molecular weight excluding hydrogens is 438 g/mol. The number of esters is 1. The highest BCUT2D eigenvalue weighted by molar-refractivity contribution is 7.99. The van der Waals surface area contributed by atoms with Gasteiger partial charge in [-0.2, -0.15) is 0 Å². The van der Waals surface area contributed by atoms with Crippen LogP contribution in [0, 0.1) is 6.92 Å². The molecule has 0 radical (unpaired) electrons. The lowest BCUT2D eigenvalue weighted by Gasteiger charge is -2.30. The van der Waals surface area contributed by atoms with E-state index in [4.69, 9.17) is 9.26 Å². The number of benzene rings is 2. The van der Waals surface area contributed by atoms with Gasteiger partial charge in [-0.05, 0) is 50.1 Å². The average molecular weight is 458 g/mol. The van der Waals surface area contributed by atoms with Crippen LogP contribution in [-0.2, 0) is 9.53 Å². The summed E-state index contributed by atoms with van der Waals surface area (Å²) in [6.45, 7) is 1.37. The van der Waals surface area contributed by atoms with E-state index in [1.807, 2.05) is 48.5 Å². The molecular formula is C25H19N3O4S. The van der Waals surface area contributed by atoms with Crippen molar-refractivity contribution in [3.8, 4) is 0 Å². The topological polar surface area (TPSA) is 85.5 Å². The third kappa shape index (κ3) is 3.47. The third-order valence-electron chi connectivity index (χ3n) is 5.86. The van der Waals surface area contributed by atoms with Crippen molar-refractivity contribution < 1.29 is 18.8 Å². The Hall–Kier alpha value is -3.65. The molecule has 1 aliphatic heterocycles. The summed E-state index contributed by atoms with van der Waals surface area (Å²) in [5.74, 6) is -0.581. The first-order valence-electron chi connectivity index (χ1n) is 10.7. The predicted octanol–water partition coefficient (Wildman–Crippen LogP) is 5.39. The number of nitrogens with zero attached hydrogens (tertiary/aromatic N) is 3. The molecule has 0 saturated heterocycles. The van der Waals surface area contributed by atoms with Crippen molar-refractivity contribution in [1.82, 2.24) is 10.1 Å². The summed E-state index contributed by atoms with van der Waals surface area (Å²) in [5.41, 5.74) is 3.58. The highest BCUT2D eigenvalue weighted by Crippen LogP contribution is 2.48. The van der Waals surface area contributed by atoms with Gasteiger partial charge in [-0.25, -0.2) is 9.78 Å². The first-order valence-corrected chi connectivity index (χ1v) is 11.5. The van der Waals surface area contributed by atoms with Crippen LogP contribution >= 0.6 is 11.8 Å². The van der Waals surface area contributed by atoms with Gasteiger partial charge in [-0.3, -0.25) is 9.69 Å². The van der Waals surface area contributed by atoms with Crippen LogP contribution in [0.15, 0.2) is 68.9 Å². The van der Waals surface area contributed by atoms with Crippen molar-refractivity contribution in [3.63, 3.8) is 0 Å². The van der Waals surface area contributed by atoms with Crippen LogP contribution in [0.25, 0.3) is 11.1 Å². The summed E-state index contributed by atoms with van der Waals surface area (Å²) in [6, 6.07) is 17.2. The number of anilines is 2. The summed E-state index contributed by atoms with van der Waals surface area (Å²) >= 11 is 1.61.